The van der Waals surface area contributed by atoms with Gasteiger partial charge in [-0.1, -0.05) is 23.8 Å². The van der Waals surface area contributed by atoms with Crippen molar-refractivity contribution in [2.24, 2.45) is 0 Å². The second-order valence-corrected chi connectivity index (χ2v) is 4.55. The second kappa shape index (κ2) is 3.51. The fraction of sp³-hybridized carbons (Fsp3) is 0.200. The number of hydrogen-bond acceptors (Lipinski definition) is 2. The summed E-state index contributed by atoms with van der Waals surface area (Å²) in [6.07, 6.45) is 6.58. The van der Waals surface area contributed by atoms with Gasteiger partial charge in [-0.25, -0.2) is 0 Å². The van der Waals surface area contributed by atoms with Gasteiger partial charge in [0.05, 0.1) is 4.87 Å². The van der Waals surface area contributed by atoms with Crippen molar-refractivity contribution >= 4 is 35.0 Å². The molecule has 0 radical (unpaired) electrons. The summed E-state index contributed by atoms with van der Waals surface area (Å²) in [5.74, 6) is -0.889. The van der Waals surface area contributed by atoms with Crippen molar-refractivity contribution in [1.82, 2.24) is 5.32 Å². The molecule has 0 saturated carbocycles. The maximum Gasteiger partial charge on any atom is 0.256 e. The molecule has 0 saturated heterocycles. The first-order valence-electron chi connectivity index (χ1n) is 4.31. The van der Waals surface area contributed by atoms with Crippen molar-refractivity contribution in [3.8, 4) is 0 Å². The van der Waals surface area contributed by atoms with Crippen LogP contribution >= 0.6 is 23.2 Å². The van der Waals surface area contributed by atoms with Crippen LogP contribution in [0.4, 0.5) is 0 Å². The van der Waals surface area contributed by atoms with E-state index < -0.39 is 16.7 Å². The molecule has 2 aliphatic rings. The number of carbonyl (C=O) groups is 2. The lowest BCUT2D eigenvalue weighted by Crippen LogP contribution is -2.31. The quantitative estimate of drug-likeness (QED) is 0.562. The molecule has 1 heterocycles. The number of alkyl halides is 1. The molecule has 0 aromatic heterocycles. The lowest BCUT2D eigenvalue weighted by Gasteiger charge is -2.25. The average molecular weight is 244 g/mol. The van der Waals surface area contributed by atoms with Crippen LogP contribution in [0.25, 0.3) is 0 Å². The Hall–Kier alpha value is -1.06. The van der Waals surface area contributed by atoms with E-state index in [4.69, 9.17) is 23.2 Å². The van der Waals surface area contributed by atoms with Gasteiger partial charge in [0.25, 0.3) is 11.8 Å². The van der Waals surface area contributed by atoms with Crippen LogP contribution in [0.2, 0.25) is 0 Å². The number of hydrogen-bond donors (Lipinski definition) is 1. The summed E-state index contributed by atoms with van der Waals surface area (Å²) >= 11 is 12.1. The summed E-state index contributed by atoms with van der Waals surface area (Å²) in [5, 5.41) is 2.71. The SMILES string of the molecule is O=C1C=C(C2(Cl)C=CC=C(Cl)C2)C(=O)N1. The Balaban J connectivity index is 2.36. The summed E-state index contributed by atoms with van der Waals surface area (Å²) < 4.78 is 0. The van der Waals surface area contributed by atoms with Gasteiger partial charge in [-0.15, -0.1) is 11.6 Å². The first kappa shape index (κ1) is 10.5. The van der Waals surface area contributed by atoms with E-state index >= 15 is 0 Å². The van der Waals surface area contributed by atoms with Crippen molar-refractivity contribution in [2.45, 2.75) is 11.3 Å². The first-order chi connectivity index (χ1) is 7.01. The lowest BCUT2D eigenvalue weighted by molar-refractivity contribution is -0.123. The number of halogens is 2. The highest BCUT2D eigenvalue weighted by molar-refractivity contribution is 6.36. The van der Waals surface area contributed by atoms with E-state index in [1.807, 2.05) is 0 Å². The molecule has 0 fully saturated rings. The van der Waals surface area contributed by atoms with Crippen molar-refractivity contribution in [2.75, 3.05) is 0 Å². The van der Waals surface area contributed by atoms with Crippen LogP contribution in [0, 0.1) is 0 Å². The van der Waals surface area contributed by atoms with E-state index in [1.54, 1.807) is 18.2 Å². The van der Waals surface area contributed by atoms with Crippen LogP contribution < -0.4 is 5.32 Å². The highest BCUT2D eigenvalue weighted by atomic mass is 35.5. The zero-order valence-corrected chi connectivity index (χ0v) is 9.10. The number of imide groups is 1. The highest BCUT2D eigenvalue weighted by Crippen LogP contribution is 2.38. The maximum atomic E-state index is 11.4. The van der Waals surface area contributed by atoms with Crippen LogP contribution in [0.5, 0.6) is 0 Å². The maximum absolute atomic E-state index is 11.4. The molecule has 0 aromatic carbocycles. The summed E-state index contributed by atoms with van der Waals surface area (Å²) in [5.41, 5.74) is 0.247. The van der Waals surface area contributed by atoms with Gasteiger partial charge >= 0.3 is 0 Å². The molecule has 0 bridgehead atoms. The molecule has 1 aliphatic heterocycles. The molecular formula is C10H7Cl2NO2. The van der Waals surface area contributed by atoms with Crippen molar-refractivity contribution in [3.05, 3.63) is 34.9 Å². The number of nitrogens with one attached hydrogen (secondary N) is 1. The molecule has 1 aliphatic carbocycles. The van der Waals surface area contributed by atoms with Crippen molar-refractivity contribution in [1.29, 1.82) is 0 Å². The Labute approximate surface area is 96.4 Å². The van der Waals surface area contributed by atoms with Crippen molar-refractivity contribution in [3.63, 3.8) is 0 Å². The van der Waals surface area contributed by atoms with Crippen molar-refractivity contribution < 1.29 is 9.59 Å². The number of amides is 2. The van der Waals surface area contributed by atoms with Gasteiger partial charge in [0, 0.05) is 23.1 Å². The lowest BCUT2D eigenvalue weighted by atomic mass is 9.91. The molecule has 1 atom stereocenters. The summed E-state index contributed by atoms with van der Waals surface area (Å²) in [7, 11) is 0. The third kappa shape index (κ3) is 1.85. The minimum atomic E-state index is -0.998. The Kier molecular flexibility index (Phi) is 2.44. The van der Waals surface area contributed by atoms with Gasteiger partial charge in [-0.05, 0) is 6.08 Å². The van der Waals surface area contributed by atoms with Crippen LogP contribution in [0.1, 0.15) is 6.42 Å². The number of rotatable bonds is 1. The van der Waals surface area contributed by atoms with E-state index in [0.29, 0.717) is 11.5 Å². The largest absolute Gasteiger partial charge is 0.289 e. The van der Waals surface area contributed by atoms with Crippen LogP contribution in [0.3, 0.4) is 0 Å². The topological polar surface area (TPSA) is 46.2 Å². The minimum Gasteiger partial charge on any atom is -0.289 e. The number of allylic oxidation sites excluding steroid dienone is 4. The fourth-order valence-corrected chi connectivity index (χ4v) is 2.28. The molecule has 0 aromatic rings. The zero-order chi connectivity index (χ0) is 11.1. The van der Waals surface area contributed by atoms with Gasteiger partial charge < -0.3 is 0 Å². The Morgan fingerprint density at radius 2 is 2.13 bits per heavy atom. The molecule has 2 amide bonds. The molecule has 2 rings (SSSR count). The van der Waals surface area contributed by atoms with Gasteiger partial charge in [0.2, 0.25) is 0 Å². The summed E-state index contributed by atoms with van der Waals surface area (Å²) in [6.45, 7) is 0. The molecular weight excluding hydrogens is 237 g/mol. The minimum absolute atomic E-state index is 0.247. The fourth-order valence-electron chi connectivity index (χ4n) is 1.57. The zero-order valence-electron chi connectivity index (χ0n) is 7.59. The molecule has 5 heteroatoms. The van der Waals surface area contributed by atoms with Gasteiger partial charge in [0.15, 0.2) is 0 Å². The Morgan fingerprint density at radius 1 is 1.40 bits per heavy atom. The third-order valence-electron chi connectivity index (χ3n) is 2.27. The van der Waals surface area contributed by atoms with Gasteiger partial charge in [-0.3, -0.25) is 14.9 Å². The van der Waals surface area contributed by atoms with E-state index in [9.17, 15) is 9.59 Å². The van der Waals surface area contributed by atoms with E-state index in [0.717, 1.165) is 0 Å². The van der Waals surface area contributed by atoms with Gasteiger partial charge in [0.1, 0.15) is 0 Å². The predicted molar refractivity (Wildman–Crippen MR) is 57.5 cm³/mol. The second-order valence-electron chi connectivity index (χ2n) is 3.39. The average Bonchev–Trinajstić information content (AvgIpc) is 2.45. The summed E-state index contributed by atoms with van der Waals surface area (Å²) in [4.78, 5) is 21.4. The van der Waals surface area contributed by atoms with Crippen LogP contribution in [-0.2, 0) is 9.59 Å². The van der Waals surface area contributed by atoms with E-state index in [-0.39, 0.29) is 5.57 Å². The molecule has 15 heavy (non-hydrogen) atoms. The molecule has 0 spiro atoms. The molecule has 1 N–H and O–H groups in total. The normalized spacial score (nSPS) is 30.0. The third-order valence-corrected chi connectivity index (χ3v) is 2.99. The van der Waals surface area contributed by atoms with E-state index in [2.05, 4.69) is 5.32 Å². The van der Waals surface area contributed by atoms with Crippen LogP contribution in [0.15, 0.2) is 34.9 Å². The molecule has 1 unspecified atom stereocenters. The smallest absolute Gasteiger partial charge is 0.256 e. The standard InChI is InChI=1S/C10H7Cl2NO2/c11-6-2-1-3-10(12,5-6)7-4-8(14)13-9(7)15/h1-4H,5H2,(H,13,14,15). The molecule has 3 nitrogen and oxygen atoms in total. The summed E-state index contributed by atoms with van der Waals surface area (Å²) in [6, 6.07) is 0. The monoisotopic (exact) mass is 243 g/mol. The molecule has 78 valence electrons. The van der Waals surface area contributed by atoms with Crippen LogP contribution in [-0.4, -0.2) is 16.7 Å². The Bertz CT molecular complexity index is 437. The highest BCUT2D eigenvalue weighted by Gasteiger charge is 2.39. The Morgan fingerprint density at radius 3 is 2.67 bits per heavy atom. The van der Waals surface area contributed by atoms with Gasteiger partial charge in [-0.2, -0.15) is 0 Å². The number of carbonyl (C=O) groups excluding carboxylic acids is 2. The van der Waals surface area contributed by atoms with E-state index in [1.165, 1.54) is 6.08 Å². The first-order valence-corrected chi connectivity index (χ1v) is 5.07. The predicted octanol–water partition coefficient (Wildman–Crippen LogP) is 1.63.